The minimum atomic E-state index is -0.497. The van der Waals surface area contributed by atoms with Crippen molar-refractivity contribution < 1.29 is 9.59 Å². The molecule has 0 radical (unpaired) electrons. The molecule has 2 heterocycles. The number of piperazine rings is 1. The Labute approximate surface area is 147 Å². The van der Waals surface area contributed by atoms with Gasteiger partial charge < -0.3 is 15.5 Å². The van der Waals surface area contributed by atoms with Crippen molar-refractivity contribution in [1.82, 2.24) is 9.88 Å². The van der Waals surface area contributed by atoms with Crippen LogP contribution in [0.2, 0.25) is 0 Å². The van der Waals surface area contributed by atoms with Crippen LogP contribution >= 0.6 is 0 Å². The van der Waals surface area contributed by atoms with Gasteiger partial charge in [-0.25, -0.2) is 4.98 Å². The molecule has 1 aromatic carbocycles. The van der Waals surface area contributed by atoms with Gasteiger partial charge in [0.05, 0.1) is 11.1 Å². The van der Waals surface area contributed by atoms with E-state index < -0.39 is 11.4 Å². The summed E-state index contributed by atoms with van der Waals surface area (Å²) in [4.78, 5) is 32.8. The van der Waals surface area contributed by atoms with Gasteiger partial charge in [-0.1, -0.05) is 18.2 Å². The van der Waals surface area contributed by atoms with E-state index in [9.17, 15) is 9.59 Å². The molecular weight excluding hydrogens is 316 g/mol. The minimum Gasteiger partial charge on any atom is -0.365 e. The molecule has 3 rings (SSSR count). The van der Waals surface area contributed by atoms with Crippen molar-refractivity contribution in [2.75, 3.05) is 24.5 Å². The van der Waals surface area contributed by atoms with Gasteiger partial charge in [0.1, 0.15) is 5.82 Å². The third kappa shape index (κ3) is 3.33. The van der Waals surface area contributed by atoms with Gasteiger partial charge in [-0.05, 0) is 38.1 Å². The molecule has 2 aromatic rings. The first-order valence-electron chi connectivity index (χ1n) is 8.27. The number of anilines is 1. The van der Waals surface area contributed by atoms with E-state index >= 15 is 0 Å². The van der Waals surface area contributed by atoms with Crippen LogP contribution in [-0.4, -0.2) is 46.9 Å². The largest absolute Gasteiger partial charge is 0.365 e. The highest BCUT2D eigenvalue weighted by molar-refractivity contribution is 5.98. The van der Waals surface area contributed by atoms with Crippen molar-refractivity contribution in [1.29, 1.82) is 0 Å². The lowest BCUT2D eigenvalue weighted by atomic mass is 9.97. The standard InChI is InChI=1S/C19H22N4O2/c1-19(2)13-22(17-15(16(20)24)9-6-10-21-17)11-12-23(19)18(25)14-7-4-3-5-8-14/h3-10H,11-13H2,1-2H3,(H2,20,24). The quantitative estimate of drug-likeness (QED) is 0.927. The van der Waals surface area contributed by atoms with Crippen LogP contribution in [-0.2, 0) is 0 Å². The molecule has 25 heavy (non-hydrogen) atoms. The minimum absolute atomic E-state index is 0.0152. The number of aromatic nitrogens is 1. The Morgan fingerprint density at radius 3 is 2.44 bits per heavy atom. The highest BCUT2D eigenvalue weighted by Gasteiger charge is 2.38. The summed E-state index contributed by atoms with van der Waals surface area (Å²) in [5, 5.41) is 0. The van der Waals surface area contributed by atoms with Crippen molar-refractivity contribution in [2.45, 2.75) is 19.4 Å². The molecule has 2 N–H and O–H groups in total. The van der Waals surface area contributed by atoms with E-state index in [0.29, 0.717) is 36.6 Å². The van der Waals surface area contributed by atoms with Crippen LogP contribution in [0.5, 0.6) is 0 Å². The zero-order valence-corrected chi connectivity index (χ0v) is 14.5. The highest BCUT2D eigenvalue weighted by Crippen LogP contribution is 2.27. The van der Waals surface area contributed by atoms with Gasteiger partial charge in [0.15, 0.2) is 0 Å². The van der Waals surface area contributed by atoms with Crippen LogP contribution < -0.4 is 10.6 Å². The predicted molar refractivity (Wildman–Crippen MR) is 96.5 cm³/mol. The second-order valence-corrected chi connectivity index (χ2v) is 6.80. The number of carbonyl (C=O) groups is 2. The number of hydrogen-bond donors (Lipinski definition) is 1. The molecule has 2 amide bonds. The summed E-state index contributed by atoms with van der Waals surface area (Å²) in [6.45, 7) is 5.76. The molecule has 1 saturated heterocycles. The third-order valence-corrected chi connectivity index (χ3v) is 4.52. The zero-order chi connectivity index (χ0) is 18.0. The maximum atomic E-state index is 12.9. The van der Waals surface area contributed by atoms with E-state index in [0.717, 1.165) is 0 Å². The Bertz CT molecular complexity index is 789. The van der Waals surface area contributed by atoms with Gasteiger partial charge in [0.2, 0.25) is 0 Å². The number of rotatable bonds is 3. The first-order valence-corrected chi connectivity index (χ1v) is 8.27. The number of nitrogens with zero attached hydrogens (tertiary/aromatic N) is 3. The van der Waals surface area contributed by atoms with Crippen molar-refractivity contribution in [2.24, 2.45) is 5.73 Å². The first-order chi connectivity index (χ1) is 11.9. The van der Waals surface area contributed by atoms with E-state index in [2.05, 4.69) is 4.98 Å². The molecule has 130 valence electrons. The van der Waals surface area contributed by atoms with E-state index in [1.807, 2.05) is 54.0 Å². The molecule has 0 saturated carbocycles. The summed E-state index contributed by atoms with van der Waals surface area (Å²) in [5.74, 6) is 0.0972. The van der Waals surface area contributed by atoms with Crippen LogP contribution in [0, 0.1) is 0 Å². The van der Waals surface area contributed by atoms with E-state index in [1.165, 1.54) is 0 Å². The zero-order valence-electron chi connectivity index (χ0n) is 14.5. The van der Waals surface area contributed by atoms with Crippen molar-refractivity contribution in [3.8, 4) is 0 Å². The average molecular weight is 338 g/mol. The smallest absolute Gasteiger partial charge is 0.254 e. The normalized spacial score (nSPS) is 16.6. The number of hydrogen-bond acceptors (Lipinski definition) is 4. The van der Waals surface area contributed by atoms with Gasteiger partial charge in [-0.3, -0.25) is 9.59 Å². The molecule has 0 unspecified atom stereocenters. The van der Waals surface area contributed by atoms with E-state index in [-0.39, 0.29) is 5.91 Å². The van der Waals surface area contributed by atoms with Crippen molar-refractivity contribution in [3.05, 3.63) is 59.8 Å². The number of nitrogens with two attached hydrogens (primary N) is 1. The predicted octanol–water partition coefficient (Wildman–Crippen LogP) is 1.92. The first kappa shape index (κ1) is 17.0. The van der Waals surface area contributed by atoms with Crippen LogP contribution in [0.25, 0.3) is 0 Å². The molecule has 0 atom stereocenters. The number of amides is 2. The second-order valence-electron chi connectivity index (χ2n) is 6.80. The molecular formula is C19H22N4O2. The summed E-state index contributed by atoms with van der Waals surface area (Å²) < 4.78 is 0. The Kier molecular flexibility index (Phi) is 4.44. The van der Waals surface area contributed by atoms with Gasteiger partial charge in [-0.2, -0.15) is 0 Å². The number of pyridine rings is 1. The fraction of sp³-hybridized carbons (Fsp3) is 0.316. The molecule has 0 spiro atoms. The third-order valence-electron chi connectivity index (χ3n) is 4.52. The lowest BCUT2D eigenvalue weighted by Crippen LogP contribution is -2.61. The Balaban J connectivity index is 1.84. The fourth-order valence-electron chi connectivity index (χ4n) is 3.29. The maximum absolute atomic E-state index is 12.9. The monoisotopic (exact) mass is 338 g/mol. The molecule has 1 aliphatic heterocycles. The fourth-order valence-corrected chi connectivity index (χ4v) is 3.29. The molecule has 6 nitrogen and oxygen atoms in total. The second kappa shape index (κ2) is 6.55. The SMILES string of the molecule is CC1(C)CN(c2ncccc2C(N)=O)CCN1C(=O)c1ccccc1. The van der Waals surface area contributed by atoms with Crippen LogP contribution in [0.15, 0.2) is 48.7 Å². The van der Waals surface area contributed by atoms with Crippen LogP contribution in [0.3, 0.4) is 0 Å². The number of primary amides is 1. The summed E-state index contributed by atoms with van der Waals surface area (Å²) >= 11 is 0. The van der Waals surface area contributed by atoms with Gasteiger partial charge >= 0.3 is 0 Å². The lowest BCUT2D eigenvalue weighted by Gasteiger charge is -2.47. The molecule has 1 aromatic heterocycles. The summed E-state index contributed by atoms with van der Waals surface area (Å²) in [6.07, 6.45) is 1.65. The average Bonchev–Trinajstić information content (AvgIpc) is 2.61. The summed E-state index contributed by atoms with van der Waals surface area (Å²) in [7, 11) is 0. The topological polar surface area (TPSA) is 79.5 Å². The Morgan fingerprint density at radius 1 is 1.08 bits per heavy atom. The van der Waals surface area contributed by atoms with Gasteiger partial charge in [0, 0.05) is 31.4 Å². The van der Waals surface area contributed by atoms with E-state index in [4.69, 9.17) is 5.73 Å². The van der Waals surface area contributed by atoms with Crippen LogP contribution in [0.1, 0.15) is 34.6 Å². The summed E-state index contributed by atoms with van der Waals surface area (Å²) in [5.41, 5.74) is 6.15. The molecule has 6 heteroatoms. The maximum Gasteiger partial charge on any atom is 0.254 e. The Morgan fingerprint density at radius 2 is 1.80 bits per heavy atom. The number of benzene rings is 1. The summed E-state index contributed by atoms with van der Waals surface area (Å²) in [6, 6.07) is 12.7. The van der Waals surface area contributed by atoms with Crippen LogP contribution in [0.4, 0.5) is 5.82 Å². The van der Waals surface area contributed by atoms with E-state index in [1.54, 1.807) is 18.3 Å². The molecule has 0 aliphatic carbocycles. The van der Waals surface area contributed by atoms with Gasteiger partial charge in [0.25, 0.3) is 11.8 Å². The highest BCUT2D eigenvalue weighted by atomic mass is 16.2. The Hall–Kier alpha value is -2.89. The number of carbonyl (C=O) groups excluding carboxylic acids is 2. The molecule has 1 aliphatic rings. The molecule has 0 bridgehead atoms. The molecule has 1 fully saturated rings. The van der Waals surface area contributed by atoms with Gasteiger partial charge in [-0.15, -0.1) is 0 Å². The van der Waals surface area contributed by atoms with Crippen molar-refractivity contribution >= 4 is 17.6 Å². The van der Waals surface area contributed by atoms with Crippen molar-refractivity contribution in [3.63, 3.8) is 0 Å². The lowest BCUT2D eigenvalue weighted by molar-refractivity contribution is 0.0513.